The minimum absolute atomic E-state index is 0.0125. The molecule has 2 N–H and O–H groups in total. The number of amides is 1. The van der Waals surface area contributed by atoms with Crippen LogP contribution in [0.5, 0.6) is 5.75 Å². The molecule has 1 aromatic heterocycles. The van der Waals surface area contributed by atoms with Crippen molar-refractivity contribution in [2.75, 3.05) is 11.3 Å². The second-order valence-electron chi connectivity index (χ2n) is 6.49. The number of carbonyl (C=O) groups is 1. The largest absolute Gasteiger partial charge is 0.482 e. The minimum Gasteiger partial charge on any atom is -0.482 e. The molecular formula is C21H20ClN3O4S. The number of sulfonamides is 1. The summed E-state index contributed by atoms with van der Waals surface area (Å²) in [5, 5.41) is 2.79. The van der Waals surface area contributed by atoms with Crippen LogP contribution >= 0.6 is 11.6 Å². The maximum Gasteiger partial charge on any atom is 0.261 e. The molecule has 156 valence electrons. The van der Waals surface area contributed by atoms with Gasteiger partial charge in [-0.2, -0.15) is 0 Å². The Bertz CT molecular complexity index is 1120. The highest BCUT2D eigenvalue weighted by Crippen LogP contribution is 2.28. The van der Waals surface area contributed by atoms with Crippen molar-refractivity contribution in [2.45, 2.75) is 18.4 Å². The van der Waals surface area contributed by atoms with Crippen LogP contribution < -0.4 is 14.8 Å². The van der Waals surface area contributed by atoms with E-state index in [0.29, 0.717) is 12.2 Å². The van der Waals surface area contributed by atoms with E-state index < -0.39 is 10.0 Å². The summed E-state index contributed by atoms with van der Waals surface area (Å²) >= 11 is 6.16. The van der Waals surface area contributed by atoms with E-state index in [9.17, 15) is 13.2 Å². The molecule has 0 fully saturated rings. The Morgan fingerprint density at radius 1 is 1.13 bits per heavy atom. The summed E-state index contributed by atoms with van der Waals surface area (Å²) in [7, 11) is -3.81. The number of pyridine rings is 1. The first kappa shape index (κ1) is 21.6. The lowest BCUT2D eigenvalue weighted by Gasteiger charge is -2.12. The van der Waals surface area contributed by atoms with Gasteiger partial charge in [-0.25, -0.2) is 8.42 Å². The van der Waals surface area contributed by atoms with Crippen molar-refractivity contribution in [2.24, 2.45) is 0 Å². The van der Waals surface area contributed by atoms with E-state index in [1.165, 1.54) is 18.2 Å². The van der Waals surface area contributed by atoms with Gasteiger partial charge in [0.1, 0.15) is 5.75 Å². The fraction of sp³-hybridized carbons (Fsp3) is 0.143. The number of nitrogens with zero attached hydrogens (tertiary/aromatic N) is 1. The Morgan fingerprint density at radius 2 is 1.90 bits per heavy atom. The Labute approximate surface area is 180 Å². The minimum atomic E-state index is -3.81. The number of nitrogens with one attached hydrogen (secondary N) is 2. The fourth-order valence-corrected chi connectivity index (χ4v) is 3.88. The number of rotatable bonds is 8. The summed E-state index contributed by atoms with van der Waals surface area (Å²) in [6.07, 6.45) is 3.30. The van der Waals surface area contributed by atoms with Gasteiger partial charge in [-0.15, -0.1) is 0 Å². The van der Waals surface area contributed by atoms with Crippen molar-refractivity contribution in [3.8, 4) is 5.75 Å². The number of aryl methyl sites for hydroxylation is 1. The molecule has 0 aliphatic heterocycles. The smallest absolute Gasteiger partial charge is 0.261 e. The highest BCUT2D eigenvalue weighted by molar-refractivity contribution is 7.92. The van der Waals surface area contributed by atoms with Gasteiger partial charge in [0, 0.05) is 24.6 Å². The third-order valence-corrected chi connectivity index (χ3v) is 5.76. The first-order chi connectivity index (χ1) is 14.3. The number of carbonyl (C=O) groups excluding carboxylic acids is 1. The molecule has 0 spiro atoms. The number of halogens is 1. The molecule has 0 atom stereocenters. The maximum absolute atomic E-state index is 12.6. The number of ether oxygens (including phenoxy) is 1. The van der Waals surface area contributed by atoms with Gasteiger partial charge in [0.05, 0.1) is 9.92 Å². The molecule has 0 unspecified atom stereocenters. The molecule has 0 saturated heterocycles. The van der Waals surface area contributed by atoms with Crippen LogP contribution in [0.2, 0.25) is 5.02 Å². The Hall–Kier alpha value is -3.10. The van der Waals surface area contributed by atoms with Gasteiger partial charge in [-0.05, 0) is 48.9 Å². The van der Waals surface area contributed by atoms with Gasteiger partial charge in [0.15, 0.2) is 6.61 Å². The predicted octanol–water partition coefficient (Wildman–Crippen LogP) is 3.54. The van der Waals surface area contributed by atoms with Gasteiger partial charge in [0.2, 0.25) is 0 Å². The van der Waals surface area contributed by atoms with Gasteiger partial charge in [-0.3, -0.25) is 14.5 Å². The van der Waals surface area contributed by atoms with Crippen LogP contribution in [0.4, 0.5) is 5.69 Å². The Kier molecular flexibility index (Phi) is 6.91. The quantitative estimate of drug-likeness (QED) is 0.552. The second kappa shape index (κ2) is 9.60. The number of anilines is 1. The molecule has 0 bridgehead atoms. The molecule has 2 aromatic carbocycles. The van der Waals surface area contributed by atoms with E-state index in [1.807, 2.05) is 13.0 Å². The van der Waals surface area contributed by atoms with Crippen LogP contribution in [0.3, 0.4) is 0 Å². The van der Waals surface area contributed by atoms with E-state index in [0.717, 1.165) is 11.1 Å². The summed E-state index contributed by atoms with van der Waals surface area (Å²) < 4.78 is 33.0. The summed E-state index contributed by atoms with van der Waals surface area (Å²) in [6.45, 7) is 1.98. The number of aromatic nitrogens is 1. The van der Waals surface area contributed by atoms with E-state index in [4.69, 9.17) is 16.3 Å². The van der Waals surface area contributed by atoms with Crippen molar-refractivity contribution in [3.63, 3.8) is 0 Å². The highest BCUT2D eigenvalue weighted by atomic mass is 35.5. The second-order valence-corrected chi connectivity index (χ2v) is 8.58. The molecule has 1 amide bonds. The first-order valence-corrected chi connectivity index (χ1v) is 10.9. The molecule has 7 nitrogen and oxygen atoms in total. The Morgan fingerprint density at radius 3 is 2.57 bits per heavy atom. The molecule has 1 heterocycles. The molecule has 0 radical (unpaired) electrons. The van der Waals surface area contributed by atoms with Crippen molar-refractivity contribution < 1.29 is 17.9 Å². The predicted molar refractivity (Wildman–Crippen MR) is 115 cm³/mol. The van der Waals surface area contributed by atoms with Crippen LogP contribution in [0.1, 0.15) is 11.1 Å². The van der Waals surface area contributed by atoms with Crippen LogP contribution in [-0.4, -0.2) is 25.9 Å². The van der Waals surface area contributed by atoms with Crippen molar-refractivity contribution in [3.05, 3.63) is 83.1 Å². The summed E-state index contributed by atoms with van der Waals surface area (Å²) in [5.74, 6) is -0.130. The molecular weight excluding hydrogens is 426 g/mol. The summed E-state index contributed by atoms with van der Waals surface area (Å²) in [4.78, 5) is 15.9. The zero-order chi connectivity index (χ0) is 21.6. The molecule has 3 aromatic rings. The summed E-state index contributed by atoms with van der Waals surface area (Å²) in [6, 6.07) is 14.6. The van der Waals surface area contributed by atoms with Crippen molar-refractivity contribution in [1.82, 2.24) is 10.3 Å². The normalized spacial score (nSPS) is 11.0. The maximum atomic E-state index is 12.6. The van der Waals surface area contributed by atoms with Crippen molar-refractivity contribution in [1.29, 1.82) is 0 Å². The topological polar surface area (TPSA) is 97.4 Å². The van der Waals surface area contributed by atoms with Crippen LogP contribution in [0.15, 0.2) is 71.9 Å². The summed E-state index contributed by atoms with van der Waals surface area (Å²) in [5.41, 5.74) is 2.33. The van der Waals surface area contributed by atoms with Gasteiger partial charge in [0.25, 0.3) is 15.9 Å². The lowest BCUT2D eigenvalue weighted by Crippen LogP contribution is -2.28. The number of benzene rings is 2. The van der Waals surface area contributed by atoms with Crippen molar-refractivity contribution >= 4 is 33.2 Å². The first-order valence-electron chi connectivity index (χ1n) is 9.01. The number of hydrogen-bond donors (Lipinski definition) is 2. The highest BCUT2D eigenvalue weighted by Gasteiger charge is 2.17. The third kappa shape index (κ3) is 5.95. The van der Waals surface area contributed by atoms with E-state index in [2.05, 4.69) is 15.0 Å². The lowest BCUT2D eigenvalue weighted by molar-refractivity contribution is -0.123. The number of hydrogen-bond acceptors (Lipinski definition) is 5. The molecule has 0 saturated carbocycles. The Balaban J connectivity index is 1.59. The average molecular weight is 446 g/mol. The van der Waals surface area contributed by atoms with E-state index in [1.54, 1.807) is 42.7 Å². The third-order valence-electron chi connectivity index (χ3n) is 4.09. The molecule has 0 aliphatic carbocycles. The van der Waals surface area contributed by atoms with E-state index in [-0.39, 0.29) is 28.2 Å². The van der Waals surface area contributed by atoms with Gasteiger partial charge in [-0.1, -0.05) is 35.4 Å². The van der Waals surface area contributed by atoms with Gasteiger partial charge >= 0.3 is 0 Å². The zero-order valence-electron chi connectivity index (χ0n) is 16.1. The molecule has 9 heteroatoms. The monoisotopic (exact) mass is 445 g/mol. The average Bonchev–Trinajstić information content (AvgIpc) is 2.73. The van der Waals surface area contributed by atoms with Gasteiger partial charge < -0.3 is 10.1 Å². The van der Waals surface area contributed by atoms with Crippen LogP contribution in [-0.2, 0) is 21.4 Å². The molecule has 0 aliphatic rings. The zero-order valence-corrected chi connectivity index (χ0v) is 17.7. The van der Waals surface area contributed by atoms with Crippen LogP contribution in [0.25, 0.3) is 0 Å². The van der Waals surface area contributed by atoms with E-state index >= 15 is 0 Å². The standard InChI is InChI=1S/C21H20ClN3O4S/c1-15-4-6-17(7-5-15)25-30(27,28)18-8-9-20(19(22)11-18)29-14-21(26)24-13-16-3-2-10-23-12-16/h2-12,25H,13-14H2,1H3,(H,24,26). The lowest BCUT2D eigenvalue weighted by atomic mass is 10.2. The molecule has 30 heavy (non-hydrogen) atoms. The van der Waals surface area contributed by atoms with Crippen LogP contribution in [0, 0.1) is 6.92 Å². The molecule has 3 rings (SSSR count). The fourth-order valence-electron chi connectivity index (χ4n) is 2.50. The SMILES string of the molecule is Cc1ccc(NS(=O)(=O)c2ccc(OCC(=O)NCc3cccnc3)c(Cl)c2)cc1.